The molecule has 1 unspecified atom stereocenters. The molecule has 0 aliphatic heterocycles. The van der Waals surface area contributed by atoms with E-state index in [0.717, 1.165) is 21.0 Å². The third-order valence-electron chi connectivity index (χ3n) is 6.84. The number of benzene rings is 3. The van der Waals surface area contributed by atoms with Gasteiger partial charge < -0.3 is 15.0 Å². The van der Waals surface area contributed by atoms with Gasteiger partial charge in [0, 0.05) is 18.1 Å². The van der Waals surface area contributed by atoms with Gasteiger partial charge in [-0.3, -0.25) is 13.9 Å². The normalized spacial score (nSPS) is 12.1. The molecule has 1 N–H and O–H groups in total. The van der Waals surface area contributed by atoms with E-state index in [1.807, 2.05) is 58.9 Å². The Labute approximate surface area is 254 Å². The number of halogens is 1. The van der Waals surface area contributed by atoms with Crippen LogP contribution >= 0.6 is 11.6 Å². The SMILES string of the molecule is CCC(C(=O)NCC(C)C)N(Cc1ccc(C)cc1)C(=O)CN(c1cc(Cl)ccc1OC)S(=O)(=O)c1ccc(C)cc1. The molecule has 1 atom stereocenters. The van der Waals surface area contributed by atoms with E-state index in [4.69, 9.17) is 16.3 Å². The van der Waals surface area contributed by atoms with E-state index in [1.165, 1.54) is 30.2 Å². The van der Waals surface area contributed by atoms with Gasteiger partial charge in [0.25, 0.3) is 10.0 Å². The van der Waals surface area contributed by atoms with E-state index in [1.54, 1.807) is 24.3 Å². The highest BCUT2D eigenvalue weighted by Gasteiger charge is 2.35. The van der Waals surface area contributed by atoms with Crippen molar-refractivity contribution in [3.05, 3.63) is 88.4 Å². The summed E-state index contributed by atoms with van der Waals surface area (Å²) in [6, 6.07) is 17.8. The summed E-state index contributed by atoms with van der Waals surface area (Å²) in [6.07, 6.45) is 0.340. The molecule has 3 aromatic carbocycles. The molecule has 0 bridgehead atoms. The molecule has 0 aliphatic carbocycles. The highest BCUT2D eigenvalue weighted by Crippen LogP contribution is 2.35. The number of anilines is 1. The third-order valence-corrected chi connectivity index (χ3v) is 8.85. The lowest BCUT2D eigenvalue weighted by atomic mass is 10.1. The summed E-state index contributed by atoms with van der Waals surface area (Å²) < 4.78 is 34.7. The lowest BCUT2D eigenvalue weighted by Gasteiger charge is -2.33. The molecule has 0 spiro atoms. The number of ether oxygens (including phenoxy) is 1. The second kappa shape index (κ2) is 14.6. The Morgan fingerprint density at radius 1 is 0.952 bits per heavy atom. The molecule has 8 nitrogen and oxygen atoms in total. The van der Waals surface area contributed by atoms with Crippen molar-refractivity contribution in [1.29, 1.82) is 0 Å². The summed E-state index contributed by atoms with van der Waals surface area (Å²) in [5, 5.41) is 3.21. The number of hydrogen-bond acceptors (Lipinski definition) is 5. The second-order valence-electron chi connectivity index (χ2n) is 10.7. The van der Waals surface area contributed by atoms with Gasteiger partial charge in [-0.05, 0) is 62.1 Å². The highest BCUT2D eigenvalue weighted by molar-refractivity contribution is 7.92. The Morgan fingerprint density at radius 2 is 1.55 bits per heavy atom. The van der Waals surface area contributed by atoms with Gasteiger partial charge in [0.2, 0.25) is 11.8 Å². The molecule has 10 heteroatoms. The van der Waals surface area contributed by atoms with Crippen molar-refractivity contribution < 1.29 is 22.7 Å². The molecule has 0 saturated carbocycles. The van der Waals surface area contributed by atoms with Crippen molar-refractivity contribution in [1.82, 2.24) is 10.2 Å². The van der Waals surface area contributed by atoms with Crippen LogP contribution in [0.15, 0.2) is 71.6 Å². The first-order valence-corrected chi connectivity index (χ1v) is 15.7. The summed E-state index contributed by atoms with van der Waals surface area (Å²) in [5.74, 6) is -0.382. The number of carbonyl (C=O) groups is 2. The molecule has 0 fully saturated rings. The first-order chi connectivity index (χ1) is 19.9. The fourth-order valence-electron chi connectivity index (χ4n) is 4.44. The van der Waals surface area contributed by atoms with Crippen LogP contribution in [0.3, 0.4) is 0 Å². The van der Waals surface area contributed by atoms with E-state index in [9.17, 15) is 18.0 Å². The van der Waals surface area contributed by atoms with E-state index in [0.29, 0.717) is 13.0 Å². The van der Waals surface area contributed by atoms with Crippen LogP contribution in [0.25, 0.3) is 0 Å². The van der Waals surface area contributed by atoms with Crippen molar-refractivity contribution in [3.8, 4) is 5.75 Å². The van der Waals surface area contributed by atoms with Gasteiger partial charge in [0.1, 0.15) is 18.3 Å². The molecule has 0 saturated heterocycles. The predicted octanol–water partition coefficient (Wildman–Crippen LogP) is 5.74. The summed E-state index contributed by atoms with van der Waals surface area (Å²) in [5.41, 5.74) is 2.88. The van der Waals surface area contributed by atoms with Crippen LogP contribution in [-0.4, -0.2) is 51.4 Å². The molecule has 0 aliphatic rings. The van der Waals surface area contributed by atoms with Crippen LogP contribution in [-0.2, 0) is 26.2 Å². The maximum Gasteiger partial charge on any atom is 0.264 e. The summed E-state index contributed by atoms with van der Waals surface area (Å²) in [4.78, 5) is 29.0. The zero-order chi connectivity index (χ0) is 31.0. The molecular formula is C32H40ClN3O5S. The molecule has 226 valence electrons. The van der Waals surface area contributed by atoms with Crippen LogP contribution in [0.2, 0.25) is 5.02 Å². The first kappa shape index (κ1) is 32.9. The Balaban J connectivity index is 2.11. The molecule has 2 amide bonds. The smallest absolute Gasteiger partial charge is 0.264 e. The third kappa shape index (κ3) is 8.26. The number of carbonyl (C=O) groups excluding carboxylic acids is 2. The van der Waals surface area contributed by atoms with Crippen molar-refractivity contribution in [3.63, 3.8) is 0 Å². The fraction of sp³-hybridized carbons (Fsp3) is 0.375. The molecular weight excluding hydrogens is 574 g/mol. The van der Waals surface area contributed by atoms with Crippen molar-refractivity contribution >= 4 is 39.1 Å². The van der Waals surface area contributed by atoms with Gasteiger partial charge >= 0.3 is 0 Å². The standard InChI is InChI=1S/C32H40ClN3O5S/c1-7-28(32(38)34-19-22(2)3)35(20-25-12-8-23(4)9-13-25)31(37)21-36(29-18-26(33)14-17-30(29)41-6)42(39,40)27-15-10-24(5)11-16-27/h8-18,22,28H,7,19-21H2,1-6H3,(H,34,38). The quantitative estimate of drug-likeness (QED) is 0.265. The molecule has 0 heterocycles. The number of hydrogen-bond donors (Lipinski definition) is 1. The van der Waals surface area contributed by atoms with E-state index < -0.39 is 28.5 Å². The average Bonchev–Trinajstić information content (AvgIpc) is 2.95. The van der Waals surface area contributed by atoms with Crippen molar-refractivity contribution in [2.75, 3.05) is 24.5 Å². The van der Waals surface area contributed by atoms with Crippen LogP contribution < -0.4 is 14.4 Å². The van der Waals surface area contributed by atoms with Gasteiger partial charge in [-0.2, -0.15) is 0 Å². The zero-order valence-electron chi connectivity index (χ0n) is 25.1. The molecule has 3 aromatic rings. The van der Waals surface area contributed by atoms with Gasteiger partial charge in [0.05, 0.1) is 17.7 Å². The van der Waals surface area contributed by atoms with Gasteiger partial charge in [-0.1, -0.05) is 79.9 Å². The lowest BCUT2D eigenvalue weighted by Crippen LogP contribution is -2.52. The molecule has 0 radical (unpaired) electrons. The van der Waals surface area contributed by atoms with Gasteiger partial charge in [-0.25, -0.2) is 8.42 Å². The number of nitrogens with zero attached hydrogens (tertiary/aromatic N) is 2. The molecule has 0 aromatic heterocycles. The minimum absolute atomic E-state index is 0.00901. The Hall–Kier alpha value is -3.56. The van der Waals surface area contributed by atoms with E-state index in [-0.39, 0.29) is 39.7 Å². The number of nitrogens with one attached hydrogen (secondary N) is 1. The number of aryl methyl sites for hydroxylation is 2. The molecule has 42 heavy (non-hydrogen) atoms. The average molecular weight is 614 g/mol. The Kier molecular flexibility index (Phi) is 11.4. The predicted molar refractivity (Wildman–Crippen MR) is 167 cm³/mol. The minimum Gasteiger partial charge on any atom is -0.495 e. The monoisotopic (exact) mass is 613 g/mol. The van der Waals surface area contributed by atoms with Crippen molar-refractivity contribution in [2.24, 2.45) is 5.92 Å². The van der Waals surface area contributed by atoms with E-state index >= 15 is 0 Å². The zero-order valence-corrected chi connectivity index (χ0v) is 26.6. The first-order valence-electron chi connectivity index (χ1n) is 13.9. The Bertz CT molecular complexity index is 1470. The molecule has 3 rings (SSSR count). The van der Waals surface area contributed by atoms with Crippen LogP contribution in [0.5, 0.6) is 5.75 Å². The summed E-state index contributed by atoms with van der Waals surface area (Å²) >= 11 is 6.30. The van der Waals surface area contributed by atoms with Crippen LogP contribution in [0, 0.1) is 19.8 Å². The second-order valence-corrected chi connectivity index (χ2v) is 13.0. The summed E-state index contributed by atoms with van der Waals surface area (Å²) in [7, 11) is -2.84. The number of methoxy groups -OCH3 is 1. The lowest BCUT2D eigenvalue weighted by molar-refractivity contribution is -0.140. The largest absolute Gasteiger partial charge is 0.495 e. The van der Waals surface area contributed by atoms with Gasteiger partial charge in [0.15, 0.2) is 0 Å². The number of rotatable bonds is 13. The maximum absolute atomic E-state index is 14.2. The van der Waals surface area contributed by atoms with Crippen LogP contribution in [0.4, 0.5) is 5.69 Å². The van der Waals surface area contributed by atoms with Gasteiger partial charge in [-0.15, -0.1) is 0 Å². The highest BCUT2D eigenvalue weighted by atomic mass is 35.5. The maximum atomic E-state index is 14.2. The minimum atomic E-state index is -4.25. The van der Waals surface area contributed by atoms with E-state index in [2.05, 4.69) is 5.32 Å². The fourth-order valence-corrected chi connectivity index (χ4v) is 6.02. The van der Waals surface area contributed by atoms with Crippen LogP contribution in [0.1, 0.15) is 43.9 Å². The number of sulfonamides is 1. The van der Waals surface area contributed by atoms with Crippen molar-refractivity contribution in [2.45, 2.75) is 58.5 Å². The Morgan fingerprint density at radius 3 is 2.10 bits per heavy atom. The number of amides is 2. The topological polar surface area (TPSA) is 96.0 Å². The summed E-state index contributed by atoms with van der Waals surface area (Å²) in [6.45, 7) is 9.63.